The van der Waals surface area contributed by atoms with E-state index in [1.807, 2.05) is 74.5 Å². The molecule has 3 aromatic carbocycles. The maximum Gasteiger partial charge on any atom is 0.258 e. The zero-order valence-corrected chi connectivity index (χ0v) is 18.4. The number of ether oxygens (including phenoxy) is 1. The minimum absolute atomic E-state index is 0.0293. The first-order chi connectivity index (χ1) is 15.6. The largest absolute Gasteiger partial charge is 0.483 e. The molecule has 4 aromatic rings. The van der Waals surface area contributed by atoms with Crippen LogP contribution in [-0.4, -0.2) is 22.1 Å². The zero-order chi connectivity index (χ0) is 22.3. The predicted molar refractivity (Wildman–Crippen MR) is 128 cm³/mol. The number of benzene rings is 3. The van der Waals surface area contributed by atoms with Crippen molar-refractivity contribution in [3.8, 4) is 5.75 Å². The summed E-state index contributed by atoms with van der Waals surface area (Å²) in [5, 5.41) is 2.94. The van der Waals surface area contributed by atoms with Gasteiger partial charge in [-0.3, -0.25) is 4.79 Å². The maximum absolute atomic E-state index is 12.4. The van der Waals surface area contributed by atoms with Crippen LogP contribution in [0, 0.1) is 13.8 Å². The van der Waals surface area contributed by atoms with Crippen LogP contribution in [0.5, 0.6) is 5.75 Å². The molecule has 0 fully saturated rings. The number of carbonyl (C=O) groups excluding carboxylic acids is 1. The fourth-order valence-corrected chi connectivity index (χ4v) is 3.56. The first-order valence-electron chi connectivity index (χ1n) is 10.7. The Morgan fingerprint density at radius 3 is 2.66 bits per heavy atom. The Balaban J connectivity index is 1.43. The number of aryl methyl sites for hydroxylation is 2. The van der Waals surface area contributed by atoms with Crippen LogP contribution < -0.4 is 10.1 Å². The van der Waals surface area contributed by atoms with Gasteiger partial charge in [-0.05, 0) is 48.7 Å². The van der Waals surface area contributed by atoms with Crippen molar-refractivity contribution in [1.29, 1.82) is 0 Å². The summed E-state index contributed by atoms with van der Waals surface area (Å²) in [7, 11) is 0. The molecule has 0 unspecified atom stereocenters. The van der Waals surface area contributed by atoms with Crippen molar-refractivity contribution in [2.24, 2.45) is 0 Å². The van der Waals surface area contributed by atoms with Crippen LogP contribution in [0.1, 0.15) is 22.5 Å². The molecule has 0 saturated carbocycles. The van der Waals surface area contributed by atoms with E-state index >= 15 is 0 Å². The highest BCUT2D eigenvalue weighted by atomic mass is 16.5. The molecule has 32 heavy (non-hydrogen) atoms. The number of carbonyl (C=O) groups is 1. The van der Waals surface area contributed by atoms with Crippen LogP contribution >= 0.6 is 0 Å². The third-order valence-electron chi connectivity index (χ3n) is 5.28. The second kappa shape index (κ2) is 9.96. The van der Waals surface area contributed by atoms with Gasteiger partial charge in [0.1, 0.15) is 11.6 Å². The first kappa shape index (κ1) is 21.4. The van der Waals surface area contributed by atoms with E-state index in [9.17, 15) is 4.79 Å². The molecule has 1 N–H and O–H groups in total. The number of aromatic nitrogens is 2. The molecule has 0 saturated heterocycles. The molecule has 0 aliphatic carbocycles. The fourth-order valence-electron chi connectivity index (χ4n) is 3.56. The summed E-state index contributed by atoms with van der Waals surface area (Å²) in [6, 6.07) is 24.2. The molecule has 1 aromatic heterocycles. The smallest absolute Gasteiger partial charge is 0.258 e. The summed E-state index contributed by atoms with van der Waals surface area (Å²) in [5.74, 6) is 1.37. The summed E-state index contributed by atoms with van der Waals surface area (Å²) >= 11 is 0. The number of rotatable bonds is 8. The molecule has 0 atom stereocenters. The Morgan fingerprint density at radius 2 is 1.81 bits per heavy atom. The molecule has 1 amide bonds. The van der Waals surface area contributed by atoms with Crippen LogP contribution in [0.2, 0.25) is 0 Å². The van der Waals surface area contributed by atoms with Gasteiger partial charge in [-0.1, -0.05) is 66.7 Å². The second-order valence-corrected chi connectivity index (χ2v) is 7.77. The molecule has 4 rings (SSSR count). The number of nitrogens with zero attached hydrogens (tertiary/aromatic N) is 2. The Kier molecular flexibility index (Phi) is 6.66. The van der Waals surface area contributed by atoms with Crippen LogP contribution in [-0.2, 0) is 17.9 Å². The highest BCUT2D eigenvalue weighted by Gasteiger charge is 2.11. The lowest BCUT2D eigenvalue weighted by Crippen LogP contribution is -2.29. The van der Waals surface area contributed by atoms with E-state index in [4.69, 9.17) is 9.72 Å². The van der Waals surface area contributed by atoms with Gasteiger partial charge in [-0.2, -0.15) is 0 Å². The fraction of sp³-hybridized carbons (Fsp3) is 0.185. The van der Waals surface area contributed by atoms with E-state index in [-0.39, 0.29) is 12.5 Å². The van der Waals surface area contributed by atoms with Crippen molar-refractivity contribution in [2.75, 3.05) is 6.61 Å². The average Bonchev–Trinajstić information content (AvgIpc) is 3.16. The molecule has 0 bridgehead atoms. The lowest BCUT2D eigenvalue weighted by atomic mass is 10.1. The van der Waals surface area contributed by atoms with E-state index in [0.717, 1.165) is 39.3 Å². The average molecular weight is 426 g/mol. The summed E-state index contributed by atoms with van der Waals surface area (Å²) < 4.78 is 7.85. The molecule has 0 aliphatic rings. The van der Waals surface area contributed by atoms with Crippen LogP contribution in [0.4, 0.5) is 0 Å². The van der Waals surface area contributed by atoms with Crippen molar-refractivity contribution in [1.82, 2.24) is 14.9 Å². The van der Waals surface area contributed by atoms with E-state index in [1.165, 1.54) is 0 Å². The standard InChI is InChI=1S/C27H27N3O2/c1-20-14-15-21(2)25(17-20)32-19-27(31)28-18-26-29-23-12-6-7-13-24(23)30(26)16-8-11-22-9-4-3-5-10-22/h3-15,17H,16,18-19H2,1-2H3,(H,28,31)/b11-8+. The van der Waals surface area contributed by atoms with Crippen LogP contribution in [0.25, 0.3) is 17.1 Å². The number of nitrogens with one attached hydrogen (secondary N) is 1. The van der Waals surface area contributed by atoms with Gasteiger partial charge in [0.15, 0.2) is 6.61 Å². The lowest BCUT2D eigenvalue weighted by Gasteiger charge is -2.11. The van der Waals surface area contributed by atoms with Crippen molar-refractivity contribution in [3.05, 3.63) is 101 Å². The second-order valence-electron chi connectivity index (χ2n) is 7.77. The lowest BCUT2D eigenvalue weighted by molar-refractivity contribution is -0.123. The van der Waals surface area contributed by atoms with Crippen molar-refractivity contribution in [2.45, 2.75) is 26.9 Å². The third kappa shape index (κ3) is 5.24. The van der Waals surface area contributed by atoms with E-state index in [0.29, 0.717) is 13.1 Å². The Hall–Kier alpha value is -3.86. The van der Waals surface area contributed by atoms with Gasteiger partial charge in [0.05, 0.1) is 17.6 Å². The summed E-state index contributed by atoms with van der Waals surface area (Å²) in [6.45, 7) is 4.95. The van der Waals surface area contributed by atoms with Gasteiger partial charge in [0.2, 0.25) is 0 Å². The normalized spacial score (nSPS) is 11.2. The number of fused-ring (bicyclic) bond motifs is 1. The van der Waals surface area contributed by atoms with Crippen molar-refractivity contribution < 1.29 is 9.53 Å². The molecule has 5 heteroatoms. The molecule has 0 spiro atoms. The van der Waals surface area contributed by atoms with Crippen LogP contribution in [0.15, 0.2) is 78.9 Å². The van der Waals surface area contributed by atoms with Gasteiger partial charge in [0, 0.05) is 6.54 Å². The molecule has 5 nitrogen and oxygen atoms in total. The quantitative estimate of drug-likeness (QED) is 0.429. The number of hydrogen-bond donors (Lipinski definition) is 1. The maximum atomic E-state index is 12.4. The topological polar surface area (TPSA) is 56.1 Å². The van der Waals surface area contributed by atoms with Crippen molar-refractivity contribution in [3.63, 3.8) is 0 Å². The third-order valence-corrected chi connectivity index (χ3v) is 5.28. The Bertz CT molecular complexity index is 1240. The highest BCUT2D eigenvalue weighted by Crippen LogP contribution is 2.19. The molecular weight excluding hydrogens is 398 g/mol. The van der Waals surface area contributed by atoms with Gasteiger partial charge >= 0.3 is 0 Å². The van der Waals surface area contributed by atoms with Gasteiger partial charge < -0.3 is 14.6 Å². The summed E-state index contributed by atoms with van der Waals surface area (Å²) in [5.41, 5.74) is 5.21. The number of amides is 1. The van der Waals surface area contributed by atoms with Gasteiger partial charge in [-0.15, -0.1) is 0 Å². The van der Waals surface area contributed by atoms with Crippen LogP contribution in [0.3, 0.4) is 0 Å². The number of allylic oxidation sites excluding steroid dienone is 1. The minimum atomic E-state index is -0.177. The van der Waals surface area contributed by atoms with E-state index in [1.54, 1.807) is 0 Å². The highest BCUT2D eigenvalue weighted by molar-refractivity contribution is 5.78. The summed E-state index contributed by atoms with van der Waals surface area (Å²) in [4.78, 5) is 17.2. The molecule has 162 valence electrons. The predicted octanol–water partition coefficient (Wildman–Crippen LogP) is 5.06. The number of imidazole rings is 1. The zero-order valence-electron chi connectivity index (χ0n) is 18.4. The first-order valence-corrected chi connectivity index (χ1v) is 10.7. The number of hydrogen-bond acceptors (Lipinski definition) is 3. The Labute approximate surface area is 188 Å². The minimum Gasteiger partial charge on any atom is -0.483 e. The summed E-state index contributed by atoms with van der Waals surface area (Å²) in [6.07, 6.45) is 4.20. The SMILES string of the molecule is Cc1ccc(C)c(OCC(=O)NCc2nc3ccccc3n2C/C=C/c2ccccc2)c1. The van der Waals surface area contributed by atoms with Gasteiger partial charge in [-0.25, -0.2) is 4.98 Å². The van der Waals surface area contributed by atoms with Gasteiger partial charge in [0.25, 0.3) is 5.91 Å². The Morgan fingerprint density at radius 1 is 1.03 bits per heavy atom. The molecule has 1 heterocycles. The number of para-hydroxylation sites is 2. The van der Waals surface area contributed by atoms with Crippen molar-refractivity contribution >= 4 is 23.0 Å². The molecule has 0 aliphatic heterocycles. The van der Waals surface area contributed by atoms with E-state index < -0.39 is 0 Å². The monoisotopic (exact) mass is 425 g/mol. The van der Waals surface area contributed by atoms with E-state index in [2.05, 4.69) is 34.2 Å². The molecular formula is C27H27N3O2. The molecule has 0 radical (unpaired) electrons.